The first-order chi connectivity index (χ1) is 8.65. The summed E-state index contributed by atoms with van der Waals surface area (Å²) >= 11 is 0. The molecule has 0 radical (unpaired) electrons. The number of ether oxygens (including phenoxy) is 2. The maximum Gasteiger partial charge on any atom is 0.444 e. The smallest absolute Gasteiger partial charge is 0.444 e. The molecule has 0 aliphatic carbocycles. The Labute approximate surface area is 102 Å². The summed E-state index contributed by atoms with van der Waals surface area (Å²) in [5, 5.41) is 0.877. The summed E-state index contributed by atoms with van der Waals surface area (Å²) < 4.78 is 10.1. The highest BCUT2D eigenvalue weighted by molar-refractivity contribution is 6.30. The van der Waals surface area contributed by atoms with Crippen LogP contribution in [0, 0.1) is 0 Å². The van der Waals surface area contributed by atoms with Gasteiger partial charge in [0.05, 0.1) is 14.2 Å². The van der Waals surface area contributed by atoms with Gasteiger partial charge in [0.15, 0.2) is 5.75 Å². The third kappa shape index (κ3) is 2.13. The third-order valence-electron chi connectivity index (χ3n) is 2.17. The third-order valence-corrected chi connectivity index (χ3v) is 2.17. The first kappa shape index (κ1) is 12.0. The molecule has 96 valence electrons. The van der Waals surface area contributed by atoms with E-state index in [9.17, 15) is 9.59 Å². The topological polar surface area (TPSA) is 86.3 Å². The van der Waals surface area contributed by atoms with Gasteiger partial charge in [-0.1, -0.05) is 5.17 Å². The molecule has 0 unspecified atom stereocenters. The van der Waals surface area contributed by atoms with Crippen LogP contribution < -0.4 is 20.2 Å². The van der Waals surface area contributed by atoms with Gasteiger partial charge in [0, 0.05) is 6.07 Å². The molecule has 1 aromatic carbocycles. The lowest BCUT2D eigenvalue weighted by molar-refractivity contribution is -0.192. The number of benzene rings is 1. The van der Waals surface area contributed by atoms with Crippen molar-refractivity contribution in [2.24, 2.45) is 0 Å². The molecule has 1 heterocycles. The number of hydrogen-bond acceptors (Lipinski definition) is 8. The van der Waals surface area contributed by atoms with Crippen molar-refractivity contribution < 1.29 is 28.7 Å². The molecule has 8 nitrogen and oxygen atoms in total. The van der Waals surface area contributed by atoms with Crippen molar-refractivity contribution in [3.8, 4) is 11.5 Å². The first-order valence-electron chi connectivity index (χ1n) is 4.86. The van der Waals surface area contributed by atoms with Crippen LogP contribution in [0.15, 0.2) is 18.2 Å². The second-order valence-electron chi connectivity index (χ2n) is 3.19. The largest absolute Gasteiger partial charge is 0.497 e. The molecule has 0 bridgehead atoms. The molecule has 8 heteroatoms. The Morgan fingerprint density at radius 3 is 2.56 bits per heavy atom. The highest BCUT2D eigenvalue weighted by Crippen LogP contribution is 2.32. The zero-order chi connectivity index (χ0) is 13.1. The van der Waals surface area contributed by atoms with Gasteiger partial charge >= 0.3 is 11.9 Å². The van der Waals surface area contributed by atoms with E-state index >= 15 is 0 Å². The molecule has 18 heavy (non-hydrogen) atoms. The quantitative estimate of drug-likeness (QED) is 0.751. The monoisotopic (exact) mass is 254 g/mol. The van der Waals surface area contributed by atoms with E-state index in [2.05, 4.69) is 15.3 Å². The minimum atomic E-state index is -1.13. The maximum absolute atomic E-state index is 11.1. The fourth-order valence-corrected chi connectivity index (χ4v) is 1.31. The van der Waals surface area contributed by atoms with Crippen LogP contribution >= 0.6 is 0 Å². The molecule has 1 fully saturated rings. The number of nitrogens with zero attached hydrogens (tertiary/aromatic N) is 1. The van der Waals surface area contributed by atoms with Crippen LogP contribution in [0.5, 0.6) is 11.5 Å². The van der Waals surface area contributed by atoms with E-state index in [1.807, 2.05) is 0 Å². The number of hydrazine groups is 1. The highest BCUT2D eigenvalue weighted by atomic mass is 16.9. The minimum absolute atomic E-state index is 0.346. The van der Waals surface area contributed by atoms with Gasteiger partial charge in [0.1, 0.15) is 11.4 Å². The molecular formula is C10H10N2O6. The SMILES string of the molecule is COc1ccc(N2NOC(=O)C(=O)O2)c(OC)c1. The number of nitrogens with one attached hydrogen (secondary N) is 1. The minimum Gasteiger partial charge on any atom is -0.497 e. The van der Waals surface area contributed by atoms with E-state index in [1.165, 1.54) is 14.2 Å². The summed E-state index contributed by atoms with van der Waals surface area (Å²) in [4.78, 5) is 30.9. The lowest BCUT2D eigenvalue weighted by atomic mass is 10.3. The molecule has 0 amide bonds. The van der Waals surface area contributed by atoms with Crippen LogP contribution in [0.1, 0.15) is 0 Å². The van der Waals surface area contributed by atoms with Gasteiger partial charge in [-0.15, -0.1) is 0 Å². The van der Waals surface area contributed by atoms with Crippen molar-refractivity contribution in [1.82, 2.24) is 5.59 Å². The van der Waals surface area contributed by atoms with E-state index in [1.54, 1.807) is 18.2 Å². The molecule has 1 aliphatic heterocycles. The van der Waals surface area contributed by atoms with Crippen LogP contribution in [0.4, 0.5) is 5.69 Å². The summed E-state index contributed by atoms with van der Waals surface area (Å²) in [5.41, 5.74) is 2.49. The molecule has 1 aromatic rings. The zero-order valence-corrected chi connectivity index (χ0v) is 9.63. The fraction of sp³-hybridized carbons (Fsp3) is 0.200. The van der Waals surface area contributed by atoms with Gasteiger partial charge in [-0.3, -0.25) is 0 Å². The molecule has 0 spiro atoms. The summed E-state index contributed by atoms with van der Waals surface area (Å²) in [7, 11) is 2.95. The van der Waals surface area contributed by atoms with Crippen LogP contribution in [0.3, 0.4) is 0 Å². The van der Waals surface area contributed by atoms with Crippen molar-refractivity contribution in [2.75, 3.05) is 19.4 Å². The maximum atomic E-state index is 11.1. The van der Waals surface area contributed by atoms with Crippen molar-refractivity contribution in [2.45, 2.75) is 0 Å². The Hall–Kier alpha value is -2.48. The normalized spacial score (nSPS) is 14.9. The Morgan fingerprint density at radius 2 is 1.94 bits per heavy atom. The van der Waals surface area contributed by atoms with Crippen LogP contribution in [-0.4, -0.2) is 26.2 Å². The molecule has 1 saturated heterocycles. The summed E-state index contributed by atoms with van der Waals surface area (Å²) in [5.74, 6) is -1.33. The lowest BCUT2D eigenvalue weighted by Gasteiger charge is -2.26. The Morgan fingerprint density at radius 1 is 1.17 bits per heavy atom. The zero-order valence-electron chi connectivity index (χ0n) is 9.63. The number of carbonyl (C=O) groups excluding carboxylic acids is 2. The average Bonchev–Trinajstić information content (AvgIpc) is 2.41. The second-order valence-corrected chi connectivity index (χ2v) is 3.19. The first-order valence-corrected chi connectivity index (χ1v) is 4.86. The standard InChI is InChI=1S/C10H10N2O6/c1-15-6-3-4-7(8(5-6)16-2)12-11-17-9(13)10(14)18-12/h3-5,11H,1-2H3. The molecule has 1 aliphatic rings. The van der Waals surface area contributed by atoms with Crippen LogP contribution in [0.25, 0.3) is 0 Å². The molecule has 0 aromatic heterocycles. The number of rotatable bonds is 3. The van der Waals surface area contributed by atoms with Gasteiger partial charge in [0.25, 0.3) is 0 Å². The molecule has 2 rings (SSSR count). The number of carbonyl (C=O) groups is 2. The molecular weight excluding hydrogens is 244 g/mol. The lowest BCUT2D eigenvalue weighted by Crippen LogP contribution is -2.49. The number of methoxy groups -OCH3 is 2. The summed E-state index contributed by atoms with van der Waals surface area (Å²) in [6.45, 7) is 0. The Balaban J connectivity index is 2.27. The van der Waals surface area contributed by atoms with E-state index in [-0.39, 0.29) is 0 Å². The van der Waals surface area contributed by atoms with Gasteiger partial charge in [-0.25, -0.2) is 9.59 Å². The van der Waals surface area contributed by atoms with Crippen molar-refractivity contribution in [3.63, 3.8) is 0 Å². The van der Waals surface area contributed by atoms with E-state index in [4.69, 9.17) is 9.47 Å². The molecule has 1 N–H and O–H groups in total. The average molecular weight is 254 g/mol. The van der Waals surface area contributed by atoms with Gasteiger partial charge in [-0.2, -0.15) is 0 Å². The van der Waals surface area contributed by atoms with Gasteiger partial charge in [-0.05, 0) is 17.7 Å². The van der Waals surface area contributed by atoms with Crippen molar-refractivity contribution in [3.05, 3.63) is 18.2 Å². The van der Waals surface area contributed by atoms with E-state index in [0.717, 1.165) is 5.17 Å². The summed E-state index contributed by atoms with van der Waals surface area (Å²) in [6.07, 6.45) is 0. The van der Waals surface area contributed by atoms with Crippen molar-refractivity contribution >= 4 is 17.6 Å². The summed E-state index contributed by atoms with van der Waals surface area (Å²) in [6, 6.07) is 4.78. The predicted molar refractivity (Wildman–Crippen MR) is 57.3 cm³/mol. The predicted octanol–water partition coefficient (Wildman–Crippen LogP) is -0.0552. The highest BCUT2D eigenvalue weighted by Gasteiger charge is 2.30. The molecule has 0 atom stereocenters. The van der Waals surface area contributed by atoms with E-state index in [0.29, 0.717) is 17.2 Å². The van der Waals surface area contributed by atoms with Crippen LogP contribution in [-0.2, 0) is 19.3 Å². The van der Waals surface area contributed by atoms with E-state index < -0.39 is 11.9 Å². The fourth-order valence-electron chi connectivity index (χ4n) is 1.31. The second kappa shape index (κ2) is 4.80. The Kier molecular flexibility index (Phi) is 3.20. The van der Waals surface area contributed by atoms with Gasteiger partial charge < -0.3 is 19.1 Å². The number of anilines is 1. The Bertz CT molecular complexity index is 489. The van der Waals surface area contributed by atoms with Gasteiger partial charge in [0.2, 0.25) is 0 Å². The van der Waals surface area contributed by atoms with Crippen LogP contribution in [0.2, 0.25) is 0 Å². The number of hydrogen-bond donors (Lipinski definition) is 1. The molecule has 0 saturated carbocycles. The van der Waals surface area contributed by atoms with Crippen molar-refractivity contribution in [1.29, 1.82) is 0 Å².